The maximum absolute atomic E-state index is 5.36. The minimum Gasteiger partial charge on any atom is -0.490 e. The van der Waals surface area contributed by atoms with Gasteiger partial charge < -0.3 is 10.1 Å². The normalized spacial score (nSPS) is 12.8. The quantitative estimate of drug-likeness (QED) is 0.661. The van der Waals surface area contributed by atoms with Crippen molar-refractivity contribution in [1.82, 2.24) is 0 Å². The molecule has 0 unspecified atom stereocenters. The third-order valence-electron chi connectivity index (χ3n) is 1.56. The first-order chi connectivity index (χ1) is 6.38. The molecule has 1 N–H and O–H groups in total. The number of hydrogen-bond donors (Lipinski definition) is 1. The SMILES string of the molecule is CCC.c1ccc2c(c1)NCCO2. The second-order valence-electron chi connectivity index (χ2n) is 2.98. The summed E-state index contributed by atoms with van der Waals surface area (Å²) in [4.78, 5) is 0. The monoisotopic (exact) mass is 179 g/mol. The predicted octanol–water partition coefficient (Wildman–Crippen LogP) is 2.91. The molecule has 0 saturated heterocycles. The van der Waals surface area contributed by atoms with Crippen LogP contribution in [0.2, 0.25) is 0 Å². The van der Waals surface area contributed by atoms with Crippen LogP contribution in [0.3, 0.4) is 0 Å². The van der Waals surface area contributed by atoms with Gasteiger partial charge in [0.05, 0.1) is 5.69 Å². The highest BCUT2D eigenvalue weighted by atomic mass is 16.5. The number of hydrogen-bond acceptors (Lipinski definition) is 2. The minimum absolute atomic E-state index is 0.775. The van der Waals surface area contributed by atoms with E-state index in [2.05, 4.69) is 19.2 Å². The summed E-state index contributed by atoms with van der Waals surface area (Å²) in [6, 6.07) is 7.97. The smallest absolute Gasteiger partial charge is 0.142 e. The fourth-order valence-corrected chi connectivity index (χ4v) is 1.09. The van der Waals surface area contributed by atoms with Gasteiger partial charge in [-0.05, 0) is 12.1 Å². The van der Waals surface area contributed by atoms with Crippen molar-refractivity contribution >= 4 is 5.69 Å². The van der Waals surface area contributed by atoms with E-state index >= 15 is 0 Å². The molecular formula is C11H17NO. The van der Waals surface area contributed by atoms with Gasteiger partial charge >= 0.3 is 0 Å². The van der Waals surface area contributed by atoms with Crippen molar-refractivity contribution in [3.63, 3.8) is 0 Å². The van der Waals surface area contributed by atoms with Gasteiger partial charge in [0.1, 0.15) is 12.4 Å². The lowest BCUT2D eigenvalue weighted by Gasteiger charge is -2.17. The van der Waals surface area contributed by atoms with Crippen LogP contribution in [-0.2, 0) is 0 Å². The molecule has 0 saturated carbocycles. The Balaban J connectivity index is 0.000000251. The number of para-hydroxylation sites is 2. The zero-order valence-electron chi connectivity index (χ0n) is 8.34. The molecule has 0 aromatic heterocycles. The summed E-state index contributed by atoms with van der Waals surface area (Å²) in [5.74, 6) is 0.966. The molecule has 1 heterocycles. The molecule has 2 rings (SSSR count). The van der Waals surface area contributed by atoms with E-state index in [-0.39, 0.29) is 0 Å². The number of fused-ring (bicyclic) bond motifs is 1. The zero-order valence-corrected chi connectivity index (χ0v) is 8.34. The first-order valence-electron chi connectivity index (χ1n) is 4.84. The summed E-state index contributed by atoms with van der Waals surface area (Å²) in [7, 11) is 0. The third kappa shape index (κ3) is 2.98. The molecule has 0 aliphatic carbocycles. The van der Waals surface area contributed by atoms with Crippen LogP contribution in [0, 0.1) is 0 Å². The summed E-state index contributed by atoms with van der Waals surface area (Å²) >= 11 is 0. The number of benzene rings is 1. The van der Waals surface area contributed by atoms with Gasteiger partial charge in [0.2, 0.25) is 0 Å². The Hall–Kier alpha value is -1.18. The predicted molar refractivity (Wildman–Crippen MR) is 56.4 cm³/mol. The standard InChI is InChI=1S/C8H9NO.C3H8/c1-2-4-8-7(3-1)9-5-6-10-8;1-3-2/h1-4,9H,5-6H2;3H2,1-2H3. The summed E-state index contributed by atoms with van der Waals surface area (Å²) in [6.07, 6.45) is 1.25. The summed E-state index contributed by atoms with van der Waals surface area (Å²) in [5, 5.41) is 3.24. The second kappa shape index (κ2) is 5.46. The van der Waals surface area contributed by atoms with Gasteiger partial charge in [0, 0.05) is 6.54 Å². The highest BCUT2D eigenvalue weighted by Gasteiger charge is 2.05. The van der Waals surface area contributed by atoms with Crippen molar-refractivity contribution < 1.29 is 4.74 Å². The molecule has 1 aliphatic rings. The van der Waals surface area contributed by atoms with E-state index in [1.807, 2.05) is 24.3 Å². The van der Waals surface area contributed by atoms with E-state index in [1.165, 1.54) is 6.42 Å². The summed E-state index contributed by atoms with van der Waals surface area (Å²) < 4.78 is 5.36. The second-order valence-corrected chi connectivity index (χ2v) is 2.98. The molecule has 1 aromatic rings. The average molecular weight is 179 g/mol. The Morgan fingerprint density at radius 3 is 2.69 bits per heavy atom. The Kier molecular flexibility index (Phi) is 4.16. The number of rotatable bonds is 0. The fourth-order valence-electron chi connectivity index (χ4n) is 1.09. The van der Waals surface area contributed by atoms with E-state index in [1.54, 1.807) is 0 Å². The first-order valence-corrected chi connectivity index (χ1v) is 4.84. The van der Waals surface area contributed by atoms with Crippen LogP contribution in [0.4, 0.5) is 5.69 Å². The molecule has 0 amide bonds. The molecule has 72 valence electrons. The van der Waals surface area contributed by atoms with Crippen LogP contribution in [0.5, 0.6) is 5.75 Å². The Morgan fingerprint density at radius 2 is 2.00 bits per heavy atom. The van der Waals surface area contributed by atoms with Crippen molar-refractivity contribution in [1.29, 1.82) is 0 Å². The molecule has 1 aliphatic heterocycles. The van der Waals surface area contributed by atoms with Crippen molar-refractivity contribution in [3.05, 3.63) is 24.3 Å². The fraction of sp³-hybridized carbons (Fsp3) is 0.455. The lowest BCUT2D eigenvalue weighted by Crippen LogP contribution is -2.17. The minimum atomic E-state index is 0.775. The van der Waals surface area contributed by atoms with Crippen molar-refractivity contribution in [2.24, 2.45) is 0 Å². The first kappa shape index (κ1) is 9.90. The van der Waals surface area contributed by atoms with Crippen LogP contribution >= 0.6 is 0 Å². The van der Waals surface area contributed by atoms with Gasteiger partial charge in [-0.25, -0.2) is 0 Å². The molecule has 0 fully saturated rings. The van der Waals surface area contributed by atoms with Crippen LogP contribution in [0.25, 0.3) is 0 Å². The summed E-state index contributed by atoms with van der Waals surface area (Å²) in [5.41, 5.74) is 1.11. The van der Waals surface area contributed by atoms with E-state index in [0.29, 0.717) is 0 Å². The van der Waals surface area contributed by atoms with Crippen LogP contribution in [0.1, 0.15) is 20.3 Å². The molecule has 0 spiro atoms. The molecule has 2 heteroatoms. The number of ether oxygens (including phenoxy) is 1. The van der Waals surface area contributed by atoms with E-state index < -0.39 is 0 Å². The van der Waals surface area contributed by atoms with Gasteiger partial charge in [0.15, 0.2) is 0 Å². The van der Waals surface area contributed by atoms with Gasteiger partial charge in [-0.1, -0.05) is 32.4 Å². The Morgan fingerprint density at radius 1 is 1.31 bits per heavy atom. The van der Waals surface area contributed by atoms with Gasteiger partial charge in [0.25, 0.3) is 0 Å². The molecular weight excluding hydrogens is 162 g/mol. The van der Waals surface area contributed by atoms with Crippen molar-refractivity contribution in [2.75, 3.05) is 18.5 Å². The average Bonchev–Trinajstić information content (AvgIpc) is 2.19. The molecule has 1 aromatic carbocycles. The van der Waals surface area contributed by atoms with E-state index in [4.69, 9.17) is 4.74 Å². The lowest BCUT2D eigenvalue weighted by molar-refractivity contribution is 0.323. The van der Waals surface area contributed by atoms with Crippen molar-refractivity contribution in [2.45, 2.75) is 20.3 Å². The maximum atomic E-state index is 5.36. The number of nitrogens with one attached hydrogen (secondary N) is 1. The molecule has 0 atom stereocenters. The lowest BCUT2D eigenvalue weighted by atomic mass is 10.3. The van der Waals surface area contributed by atoms with Crippen LogP contribution in [-0.4, -0.2) is 13.2 Å². The van der Waals surface area contributed by atoms with Crippen LogP contribution < -0.4 is 10.1 Å². The molecule has 0 bridgehead atoms. The Bertz CT molecular complexity index is 223. The zero-order chi connectivity index (χ0) is 9.52. The molecule has 2 nitrogen and oxygen atoms in total. The third-order valence-corrected chi connectivity index (χ3v) is 1.56. The molecule has 13 heavy (non-hydrogen) atoms. The van der Waals surface area contributed by atoms with Crippen molar-refractivity contribution in [3.8, 4) is 5.75 Å². The van der Waals surface area contributed by atoms with E-state index in [0.717, 1.165) is 24.6 Å². The largest absolute Gasteiger partial charge is 0.490 e. The highest BCUT2D eigenvalue weighted by molar-refractivity contribution is 5.57. The topological polar surface area (TPSA) is 21.3 Å². The van der Waals surface area contributed by atoms with Crippen LogP contribution in [0.15, 0.2) is 24.3 Å². The van der Waals surface area contributed by atoms with Gasteiger partial charge in [-0.2, -0.15) is 0 Å². The van der Waals surface area contributed by atoms with Gasteiger partial charge in [-0.15, -0.1) is 0 Å². The van der Waals surface area contributed by atoms with Gasteiger partial charge in [-0.3, -0.25) is 0 Å². The Labute approximate surface area is 79.9 Å². The van der Waals surface area contributed by atoms with E-state index in [9.17, 15) is 0 Å². The number of anilines is 1. The summed E-state index contributed by atoms with van der Waals surface area (Å²) in [6.45, 7) is 5.94. The highest BCUT2D eigenvalue weighted by Crippen LogP contribution is 2.25. The molecule has 0 radical (unpaired) electrons. The maximum Gasteiger partial charge on any atom is 0.142 e.